The van der Waals surface area contributed by atoms with Crippen LogP contribution in [-0.4, -0.2) is 9.13 Å². The number of para-hydroxylation sites is 4. The van der Waals surface area contributed by atoms with Crippen molar-refractivity contribution in [1.82, 2.24) is 9.13 Å². The number of rotatable bonds is 3. The van der Waals surface area contributed by atoms with E-state index in [1.54, 1.807) is 0 Å². The third-order valence-electron chi connectivity index (χ3n) is 11.8. The molecule has 0 aliphatic carbocycles. The number of benzene rings is 9. The molecule has 0 radical (unpaired) electrons. The van der Waals surface area contributed by atoms with E-state index in [0.717, 1.165) is 55.4 Å². The molecule has 266 valence electrons. The molecule has 0 spiro atoms. The molecule has 0 aliphatic rings. The lowest BCUT2D eigenvalue weighted by Gasteiger charge is -2.14. The van der Waals surface area contributed by atoms with Gasteiger partial charge in [-0.15, -0.1) is 0 Å². The highest BCUT2D eigenvalue weighted by Gasteiger charge is 2.18. The minimum Gasteiger partial charge on any atom is -0.456 e. The largest absolute Gasteiger partial charge is 0.456 e. The monoisotopic (exact) mass is 726 g/mol. The van der Waals surface area contributed by atoms with Crippen LogP contribution in [-0.2, 0) is 0 Å². The number of hydrogen-bond donors (Lipinski definition) is 0. The van der Waals surface area contributed by atoms with Gasteiger partial charge in [0.1, 0.15) is 11.2 Å². The molecule has 0 fully saturated rings. The minimum absolute atomic E-state index is 0.898. The van der Waals surface area contributed by atoms with E-state index in [0.29, 0.717) is 0 Å². The lowest BCUT2D eigenvalue weighted by atomic mass is 10.0. The molecule has 9 aromatic carbocycles. The van der Waals surface area contributed by atoms with Crippen LogP contribution in [0.5, 0.6) is 0 Å². The summed E-state index contributed by atoms with van der Waals surface area (Å²) in [6, 6.07) is 74.7. The average molecular weight is 727 g/mol. The SMILES string of the molecule is c1ccc(-n2c3ccc(-c4ccc(-n5c6ccccc6c6ccccc6c6ccccc6c6ccccc65)cc4)cc3c3cc4c(cc32)oc2ccccc24)cc1. The molecular weight excluding hydrogens is 693 g/mol. The highest BCUT2D eigenvalue weighted by molar-refractivity contribution is 6.20. The first kappa shape index (κ1) is 31.7. The molecule has 0 bridgehead atoms. The van der Waals surface area contributed by atoms with Crippen LogP contribution < -0.4 is 0 Å². The quantitative estimate of drug-likeness (QED) is 0.178. The van der Waals surface area contributed by atoms with Gasteiger partial charge in [-0.25, -0.2) is 0 Å². The van der Waals surface area contributed by atoms with Crippen LogP contribution in [0.25, 0.3) is 110 Å². The van der Waals surface area contributed by atoms with Crippen molar-refractivity contribution in [3.05, 3.63) is 206 Å². The van der Waals surface area contributed by atoms with Gasteiger partial charge in [0.15, 0.2) is 0 Å². The standard InChI is InChI=1S/C54H34N2O/c1-2-14-37(15-3-1)56-51-31-28-36(32-46(51)47-33-48-45-22-10-13-25-53(45)57-54(48)34-52(47)56)35-26-29-38(30-27-35)55-49-23-11-8-20-43(49)41-18-6-4-16-39(41)40-17-5-7-19-42(40)44-21-9-12-24-50(44)55/h1-34H. The average Bonchev–Trinajstić information content (AvgIpc) is 3.81. The Hall–Kier alpha value is -7.62. The fourth-order valence-electron chi connectivity index (χ4n) is 9.18. The lowest BCUT2D eigenvalue weighted by Crippen LogP contribution is -1.97. The number of hydrogen-bond acceptors (Lipinski definition) is 1. The van der Waals surface area contributed by atoms with E-state index < -0.39 is 0 Å². The molecule has 0 saturated heterocycles. The first-order chi connectivity index (χ1) is 28.3. The van der Waals surface area contributed by atoms with Gasteiger partial charge >= 0.3 is 0 Å². The van der Waals surface area contributed by atoms with Crippen molar-refractivity contribution in [2.45, 2.75) is 0 Å². The van der Waals surface area contributed by atoms with E-state index >= 15 is 0 Å². The predicted molar refractivity (Wildman–Crippen MR) is 240 cm³/mol. The Morgan fingerprint density at radius 2 is 0.702 bits per heavy atom. The summed E-state index contributed by atoms with van der Waals surface area (Å²) < 4.78 is 11.2. The van der Waals surface area contributed by atoms with Crippen LogP contribution >= 0.6 is 0 Å². The van der Waals surface area contributed by atoms with Gasteiger partial charge in [-0.1, -0.05) is 140 Å². The van der Waals surface area contributed by atoms with Crippen molar-refractivity contribution in [2.24, 2.45) is 0 Å². The Bertz CT molecular complexity index is 3520. The van der Waals surface area contributed by atoms with Gasteiger partial charge in [-0.2, -0.15) is 0 Å². The molecule has 0 aliphatic heterocycles. The summed E-state index contributed by atoms with van der Waals surface area (Å²) in [7, 11) is 0. The molecule has 12 rings (SSSR count). The van der Waals surface area contributed by atoms with Crippen LogP contribution in [0.4, 0.5) is 0 Å². The molecule has 0 unspecified atom stereocenters. The van der Waals surface area contributed by atoms with E-state index in [1.807, 2.05) is 6.07 Å². The highest BCUT2D eigenvalue weighted by Crippen LogP contribution is 2.40. The van der Waals surface area contributed by atoms with Crippen molar-refractivity contribution in [3.8, 4) is 22.5 Å². The van der Waals surface area contributed by atoms with Gasteiger partial charge in [0.05, 0.1) is 22.1 Å². The summed E-state index contributed by atoms with van der Waals surface area (Å²) in [6.07, 6.45) is 0. The molecular formula is C54H34N2O. The van der Waals surface area contributed by atoms with Crippen molar-refractivity contribution in [3.63, 3.8) is 0 Å². The summed E-state index contributed by atoms with van der Waals surface area (Å²) in [5.41, 5.74) is 11.0. The van der Waals surface area contributed by atoms with E-state index in [-0.39, 0.29) is 0 Å². The Kier molecular flexibility index (Phi) is 6.93. The zero-order valence-electron chi connectivity index (χ0n) is 30.9. The Labute approximate surface area is 328 Å². The molecule has 12 aromatic rings. The summed E-state index contributed by atoms with van der Waals surface area (Å²) in [6.45, 7) is 0. The van der Waals surface area contributed by atoms with Gasteiger partial charge in [0.25, 0.3) is 0 Å². The number of furan rings is 1. The molecule has 3 heteroatoms. The summed E-state index contributed by atoms with van der Waals surface area (Å²) >= 11 is 0. The van der Waals surface area contributed by atoms with E-state index in [9.17, 15) is 0 Å². The fourth-order valence-corrected chi connectivity index (χ4v) is 9.18. The maximum absolute atomic E-state index is 6.38. The van der Waals surface area contributed by atoms with Crippen LogP contribution in [0.15, 0.2) is 211 Å². The first-order valence-electron chi connectivity index (χ1n) is 19.5. The molecule has 3 nitrogen and oxygen atoms in total. The lowest BCUT2D eigenvalue weighted by molar-refractivity contribution is 0.669. The van der Waals surface area contributed by atoms with Gasteiger partial charge in [0, 0.05) is 49.8 Å². The van der Waals surface area contributed by atoms with E-state index in [1.165, 1.54) is 54.2 Å². The molecule has 57 heavy (non-hydrogen) atoms. The molecule has 3 aromatic heterocycles. The van der Waals surface area contributed by atoms with Crippen LogP contribution in [0, 0.1) is 0 Å². The number of nitrogens with zero attached hydrogens (tertiary/aromatic N) is 2. The van der Waals surface area contributed by atoms with E-state index in [2.05, 4.69) is 209 Å². The van der Waals surface area contributed by atoms with Gasteiger partial charge in [0.2, 0.25) is 0 Å². The van der Waals surface area contributed by atoms with Crippen LogP contribution in [0.2, 0.25) is 0 Å². The summed E-state index contributed by atoms with van der Waals surface area (Å²) in [5.74, 6) is 0. The molecule has 0 N–H and O–H groups in total. The van der Waals surface area contributed by atoms with Crippen molar-refractivity contribution in [1.29, 1.82) is 0 Å². The van der Waals surface area contributed by atoms with Crippen LogP contribution in [0.1, 0.15) is 0 Å². The number of aromatic nitrogens is 2. The number of fused-ring (bicyclic) bond motifs is 13. The Morgan fingerprint density at radius 3 is 1.35 bits per heavy atom. The second-order valence-electron chi connectivity index (χ2n) is 14.9. The fraction of sp³-hybridized carbons (Fsp3) is 0. The summed E-state index contributed by atoms with van der Waals surface area (Å²) in [4.78, 5) is 0. The molecule has 0 atom stereocenters. The normalized spacial score (nSPS) is 11.9. The zero-order chi connectivity index (χ0) is 37.5. The van der Waals surface area contributed by atoms with Crippen molar-refractivity contribution in [2.75, 3.05) is 0 Å². The van der Waals surface area contributed by atoms with Gasteiger partial charge < -0.3 is 13.6 Å². The second kappa shape index (κ2) is 12.5. The Balaban J connectivity index is 1.10. The first-order valence-corrected chi connectivity index (χ1v) is 19.5. The third-order valence-corrected chi connectivity index (χ3v) is 11.8. The highest BCUT2D eigenvalue weighted by atomic mass is 16.3. The van der Waals surface area contributed by atoms with Crippen LogP contribution in [0.3, 0.4) is 0 Å². The third kappa shape index (κ3) is 4.86. The second-order valence-corrected chi connectivity index (χ2v) is 14.9. The Morgan fingerprint density at radius 1 is 0.246 bits per heavy atom. The molecule has 0 amide bonds. The smallest absolute Gasteiger partial charge is 0.137 e. The predicted octanol–water partition coefficient (Wildman–Crippen LogP) is 14.9. The van der Waals surface area contributed by atoms with Crippen molar-refractivity contribution < 1.29 is 4.42 Å². The maximum Gasteiger partial charge on any atom is 0.137 e. The van der Waals surface area contributed by atoms with Gasteiger partial charge in [-0.05, 0) is 93.3 Å². The maximum atomic E-state index is 6.38. The molecule has 3 heterocycles. The molecule has 0 saturated carbocycles. The van der Waals surface area contributed by atoms with Gasteiger partial charge in [-0.3, -0.25) is 0 Å². The minimum atomic E-state index is 0.898. The topological polar surface area (TPSA) is 23.0 Å². The zero-order valence-corrected chi connectivity index (χ0v) is 30.9. The summed E-state index contributed by atoms with van der Waals surface area (Å²) in [5, 5.41) is 12.0. The van der Waals surface area contributed by atoms with E-state index in [4.69, 9.17) is 4.42 Å². The van der Waals surface area contributed by atoms with Crippen molar-refractivity contribution >= 4 is 87.1 Å².